The van der Waals surface area contributed by atoms with E-state index in [9.17, 15) is 13.2 Å². The number of sulfonamides is 1. The van der Waals surface area contributed by atoms with Crippen LogP contribution in [0.25, 0.3) is 0 Å². The van der Waals surface area contributed by atoms with E-state index in [0.717, 1.165) is 0 Å². The van der Waals surface area contributed by atoms with Gasteiger partial charge >= 0.3 is 5.97 Å². The summed E-state index contributed by atoms with van der Waals surface area (Å²) in [5, 5.41) is 8.86. The number of nitrogens with one attached hydrogen (secondary N) is 1. The first kappa shape index (κ1) is 16.4. The van der Waals surface area contributed by atoms with Crippen molar-refractivity contribution in [1.82, 2.24) is 4.72 Å². The SMILES string of the molecule is COc1ccc(S(=O)(=O)NCCCN)c(CC(=O)O)c1. The summed E-state index contributed by atoms with van der Waals surface area (Å²) in [6.45, 7) is 0.574. The number of hydrogen-bond donors (Lipinski definition) is 3. The molecule has 0 aliphatic rings. The molecule has 0 unspecified atom stereocenters. The van der Waals surface area contributed by atoms with E-state index < -0.39 is 22.4 Å². The molecule has 0 fully saturated rings. The average Bonchev–Trinajstić information content (AvgIpc) is 2.37. The summed E-state index contributed by atoms with van der Waals surface area (Å²) in [5.41, 5.74) is 5.48. The molecule has 0 aliphatic heterocycles. The zero-order valence-corrected chi connectivity index (χ0v) is 11.9. The Kier molecular flexibility index (Phi) is 5.93. The summed E-state index contributed by atoms with van der Waals surface area (Å²) in [7, 11) is -2.33. The van der Waals surface area contributed by atoms with Crippen LogP contribution in [0, 0.1) is 0 Å². The number of hydrogen-bond acceptors (Lipinski definition) is 5. The lowest BCUT2D eigenvalue weighted by Crippen LogP contribution is -2.27. The molecule has 0 aromatic heterocycles. The Balaban J connectivity index is 3.11. The van der Waals surface area contributed by atoms with Gasteiger partial charge in [-0.25, -0.2) is 13.1 Å². The molecule has 0 saturated carbocycles. The van der Waals surface area contributed by atoms with E-state index in [2.05, 4.69) is 4.72 Å². The Bertz CT molecular complexity index is 571. The summed E-state index contributed by atoms with van der Waals surface area (Å²) >= 11 is 0. The lowest BCUT2D eigenvalue weighted by molar-refractivity contribution is -0.136. The third-order valence-corrected chi connectivity index (χ3v) is 4.13. The van der Waals surface area contributed by atoms with Crippen LogP contribution in [-0.2, 0) is 21.2 Å². The normalized spacial score (nSPS) is 11.3. The number of carbonyl (C=O) groups is 1. The fourth-order valence-corrected chi connectivity index (χ4v) is 2.92. The van der Waals surface area contributed by atoms with Gasteiger partial charge in [-0.2, -0.15) is 0 Å². The van der Waals surface area contributed by atoms with E-state index in [1.165, 1.54) is 25.3 Å². The first-order valence-electron chi connectivity index (χ1n) is 5.99. The zero-order chi connectivity index (χ0) is 15.2. The summed E-state index contributed by atoms with van der Waals surface area (Å²) < 4.78 is 31.6. The highest BCUT2D eigenvalue weighted by atomic mass is 32.2. The van der Waals surface area contributed by atoms with Gasteiger partial charge in [0.1, 0.15) is 5.75 Å². The minimum atomic E-state index is -3.76. The summed E-state index contributed by atoms with van der Waals surface area (Å²) in [6.07, 6.45) is 0.105. The van der Waals surface area contributed by atoms with E-state index in [4.69, 9.17) is 15.6 Å². The Morgan fingerprint density at radius 1 is 1.45 bits per heavy atom. The van der Waals surface area contributed by atoms with Gasteiger partial charge < -0.3 is 15.6 Å². The van der Waals surface area contributed by atoms with Gasteiger partial charge in [0.15, 0.2) is 0 Å². The molecule has 20 heavy (non-hydrogen) atoms. The van der Waals surface area contributed by atoms with E-state index in [1.54, 1.807) is 0 Å². The number of carboxylic acids is 1. The second-order valence-corrected chi connectivity index (χ2v) is 5.82. The molecule has 0 amide bonds. The molecular formula is C12H18N2O5S. The molecule has 0 spiro atoms. The summed E-state index contributed by atoms with van der Waals surface area (Å²) in [4.78, 5) is 10.8. The lowest BCUT2D eigenvalue weighted by atomic mass is 10.1. The van der Waals surface area contributed by atoms with Crippen molar-refractivity contribution in [3.8, 4) is 5.75 Å². The molecular weight excluding hydrogens is 284 g/mol. The molecule has 0 atom stereocenters. The number of ether oxygens (including phenoxy) is 1. The Morgan fingerprint density at radius 3 is 2.70 bits per heavy atom. The van der Waals surface area contributed by atoms with Gasteiger partial charge in [-0.1, -0.05) is 0 Å². The van der Waals surface area contributed by atoms with Crippen molar-refractivity contribution in [3.63, 3.8) is 0 Å². The van der Waals surface area contributed by atoms with E-state index in [0.29, 0.717) is 18.7 Å². The molecule has 7 nitrogen and oxygen atoms in total. The van der Waals surface area contributed by atoms with E-state index in [1.807, 2.05) is 0 Å². The Labute approximate surface area is 117 Å². The standard InChI is InChI=1S/C12H18N2O5S/c1-19-10-3-4-11(9(7-10)8-12(15)16)20(17,18)14-6-2-5-13/h3-4,7,14H,2,5-6,8,13H2,1H3,(H,15,16). The zero-order valence-electron chi connectivity index (χ0n) is 11.1. The molecule has 4 N–H and O–H groups in total. The highest BCUT2D eigenvalue weighted by molar-refractivity contribution is 7.89. The molecule has 8 heteroatoms. The third-order valence-electron chi connectivity index (χ3n) is 2.57. The second-order valence-electron chi connectivity index (χ2n) is 4.08. The molecule has 0 aliphatic carbocycles. The van der Waals surface area contributed by atoms with Gasteiger partial charge in [-0.05, 0) is 36.7 Å². The van der Waals surface area contributed by atoms with Crippen LogP contribution in [0.1, 0.15) is 12.0 Å². The number of aliphatic carboxylic acids is 1. The topological polar surface area (TPSA) is 119 Å². The van der Waals surface area contributed by atoms with Crippen LogP contribution in [0.4, 0.5) is 0 Å². The molecule has 0 bridgehead atoms. The van der Waals surface area contributed by atoms with Gasteiger partial charge in [0.25, 0.3) is 0 Å². The number of benzene rings is 1. The Morgan fingerprint density at radius 2 is 2.15 bits per heavy atom. The average molecular weight is 302 g/mol. The first-order valence-corrected chi connectivity index (χ1v) is 7.47. The van der Waals surface area contributed by atoms with Crippen LogP contribution in [0.15, 0.2) is 23.1 Å². The third kappa shape index (κ3) is 4.48. The van der Waals surface area contributed by atoms with Gasteiger partial charge in [0.05, 0.1) is 18.4 Å². The number of rotatable bonds is 8. The van der Waals surface area contributed by atoms with Crippen LogP contribution in [0.2, 0.25) is 0 Å². The summed E-state index contributed by atoms with van der Waals surface area (Å²) in [6, 6.07) is 4.22. The Hall–Kier alpha value is -1.64. The number of carboxylic acid groups (broad SMARTS) is 1. The fraction of sp³-hybridized carbons (Fsp3) is 0.417. The van der Waals surface area contributed by atoms with Gasteiger partial charge in [-0.15, -0.1) is 0 Å². The maximum Gasteiger partial charge on any atom is 0.307 e. The molecule has 1 aromatic rings. The van der Waals surface area contributed by atoms with Crippen molar-refractivity contribution < 1.29 is 23.1 Å². The number of methoxy groups -OCH3 is 1. The monoisotopic (exact) mass is 302 g/mol. The van der Waals surface area contributed by atoms with E-state index in [-0.39, 0.29) is 17.0 Å². The van der Waals surface area contributed by atoms with Crippen LogP contribution in [0.5, 0.6) is 5.75 Å². The minimum absolute atomic E-state index is 0.0577. The molecule has 112 valence electrons. The predicted octanol–water partition coefficient (Wildman–Crippen LogP) is -0.0506. The van der Waals surface area contributed by atoms with Crippen molar-refractivity contribution >= 4 is 16.0 Å². The molecule has 0 radical (unpaired) electrons. The second kappa shape index (κ2) is 7.22. The van der Waals surface area contributed by atoms with Crippen molar-refractivity contribution in [3.05, 3.63) is 23.8 Å². The van der Waals surface area contributed by atoms with E-state index >= 15 is 0 Å². The van der Waals surface area contributed by atoms with Crippen LogP contribution in [0.3, 0.4) is 0 Å². The van der Waals surface area contributed by atoms with Gasteiger partial charge in [0, 0.05) is 6.54 Å². The molecule has 0 saturated heterocycles. The van der Waals surface area contributed by atoms with Crippen molar-refractivity contribution in [2.24, 2.45) is 5.73 Å². The highest BCUT2D eigenvalue weighted by Gasteiger charge is 2.20. The summed E-state index contributed by atoms with van der Waals surface area (Å²) in [5.74, 6) is -0.709. The molecule has 0 heterocycles. The van der Waals surface area contributed by atoms with Crippen molar-refractivity contribution in [2.75, 3.05) is 20.2 Å². The van der Waals surface area contributed by atoms with Crippen LogP contribution < -0.4 is 15.2 Å². The van der Waals surface area contributed by atoms with Crippen molar-refractivity contribution in [2.45, 2.75) is 17.7 Å². The maximum atomic E-state index is 12.1. The number of nitrogens with two attached hydrogens (primary N) is 1. The minimum Gasteiger partial charge on any atom is -0.497 e. The quantitative estimate of drug-likeness (QED) is 0.579. The van der Waals surface area contributed by atoms with Crippen molar-refractivity contribution in [1.29, 1.82) is 0 Å². The smallest absolute Gasteiger partial charge is 0.307 e. The first-order chi connectivity index (χ1) is 9.40. The molecule has 1 rings (SSSR count). The largest absolute Gasteiger partial charge is 0.497 e. The van der Waals surface area contributed by atoms with Gasteiger partial charge in [-0.3, -0.25) is 4.79 Å². The maximum absolute atomic E-state index is 12.1. The highest BCUT2D eigenvalue weighted by Crippen LogP contribution is 2.22. The fourth-order valence-electron chi connectivity index (χ4n) is 1.63. The molecule has 1 aromatic carbocycles. The van der Waals surface area contributed by atoms with Crippen LogP contribution in [-0.4, -0.2) is 39.7 Å². The van der Waals surface area contributed by atoms with Gasteiger partial charge in [0.2, 0.25) is 10.0 Å². The van der Waals surface area contributed by atoms with Crippen LogP contribution >= 0.6 is 0 Å². The lowest BCUT2D eigenvalue weighted by Gasteiger charge is -2.11. The predicted molar refractivity (Wildman–Crippen MR) is 73.2 cm³/mol.